The van der Waals surface area contributed by atoms with Gasteiger partial charge >= 0.3 is 0 Å². The van der Waals surface area contributed by atoms with Gasteiger partial charge in [0.05, 0.1) is 6.54 Å². The van der Waals surface area contributed by atoms with Crippen molar-refractivity contribution in [3.8, 4) is 12.3 Å². The largest absolute Gasteiger partial charge is 0.225 e. The quantitative estimate of drug-likeness (QED) is 0.533. The van der Waals surface area contributed by atoms with Gasteiger partial charge in [-0.15, -0.1) is 6.42 Å². The Morgan fingerprint density at radius 3 is 2.45 bits per heavy atom. The molecule has 0 radical (unpaired) electrons. The van der Waals surface area contributed by atoms with E-state index in [1.165, 1.54) is 4.31 Å². The summed E-state index contributed by atoms with van der Waals surface area (Å²) in [6.07, 6.45) is 4.98. The average Bonchev–Trinajstić information content (AvgIpc) is 2.00. The molecule has 3 nitrogen and oxygen atoms in total. The fourth-order valence-corrected chi connectivity index (χ4v) is 2.25. The number of terminal acetylenes is 1. The highest BCUT2D eigenvalue weighted by atomic mass is 79.9. The molecule has 0 aliphatic heterocycles. The van der Waals surface area contributed by atoms with Crippen molar-refractivity contribution in [1.82, 2.24) is 4.31 Å². The van der Waals surface area contributed by atoms with Crippen molar-refractivity contribution in [3.05, 3.63) is 0 Å². The highest BCUT2D eigenvalue weighted by molar-refractivity contribution is 9.10. The molecule has 0 rings (SSSR count). The van der Waals surface area contributed by atoms with Crippen LogP contribution in [0.4, 0.5) is 0 Å². The second-order valence-electron chi connectivity index (χ2n) is 1.85. The predicted molar refractivity (Wildman–Crippen MR) is 48.8 cm³/mol. The van der Waals surface area contributed by atoms with E-state index < -0.39 is 10.0 Å². The molecule has 0 aromatic rings. The van der Waals surface area contributed by atoms with Crippen LogP contribution in [0.1, 0.15) is 6.92 Å². The Hall–Kier alpha value is -0.0500. The third kappa shape index (κ3) is 3.23. The molecule has 0 aliphatic carbocycles. The molecule has 0 heterocycles. The van der Waals surface area contributed by atoms with Gasteiger partial charge in [0, 0.05) is 6.54 Å². The Morgan fingerprint density at radius 1 is 1.64 bits per heavy atom. The normalized spacial score (nSPS) is 11.5. The minimum Gasteiger partial charge on any atom is -0.211 e. The van der Waals surface area contributed by atoms with E-state index in [-0.39, 0.29) is 11.2 Å². The smallest absolute Gasteiger partial charge is 0.211 e. The fraction of sp³-hybridized carbons (Fsp3) is 0.667. The zero-order chi connectivity index (χ0) is 8.91. The Labute approximate surface area is 76.0 Å². The third-order valence-electron chi connectivity index (χ3n) is 1.15. The summed E-state index contributed by atoms with van der Waals surface area (Å²) in [6, 6.07) is 0. The molecule has 0 saturated heterocycles. The number of sulfonamides is 1. The molecule has 0 amide bonds. The van der Waals surface area contributed by atoms with Crippen LogP contribution in [0.25, 0.3) is 0 Å². The number of rotatable bonds is 4. The van der Waals surface area contributed by atoms with Gasteiger partial charge in [0.2, 0.25) is 10.0 Å². The lowest BCUT2D eigenvalue weighted by Gasteiger charge is -2.15. The number of hydrogen-bond acceptors (Lipinski definition) is 2. The van der Waals surface area contributed by atoms with Crippen LogP contribution < -0.4 is 0 Å². The van der Waals surface area contributed by atoms with Gasteiger partial charge in [-0.05, 0) is 0 Å². The minimum absolute atomic E-state index is 0.0739. The summed E-state index contributed by atoms with van der Waals surface area (Å²) >= 11 is 2.88. The van der Waals surface area contributed by atoms with E-state index >= 15 is 0 Å². The molecule has 0 saturated carbocycles. The molecule has 11 heavy (non-hydrogen) atoms. The molecule has 5 heteroatoms. The summed E-state index contributed by atoms with van der Waals surface area (Å²) in [6.45, 7) is 2.31. The van der Waals surface area contributed by atoms with Crippen LogP contribution in [0.2, 0.25) is 0 Å². The van der Waals surface area contributed by atoms with Crippen LogP contribution in [-0.2, 0) is 10.0 Å². The average molecular weight is 240 g/mol. The first-order valence-electron chi connectivity index (χ1n) is 3.05. The Balaban J connectivity index is 4.40. The highest BCUT2D eigenvalue weighted by Crippen LogP contribution is 2.02. The van der Waals surface area contributed by atoms with E-state index in [0.717, 1.165) is 0 Å². The minimum atomic E-state index is -3.17. The molecule has 0 spiro atoms. The zero-order valence-electron chi connectivity index (χ0n) is 6.25. The maximum atomic E-state index is 11.1. The van der Waals surface area contributed by atoms with Crippen LogP contribution in [0.3, 0.4) is 0 Å². The molecule has 0 N–H and O–H groups in total. The Kier molecular flexibility index (Phi) is 4.73. The molecule has 0 bridgehead atoms. The van der Waals surface area contributed by atoms with Crippen LogP contribution >= 0.6 is 15.9 Å². The maximum Gasteiger partial charge on any atom is 0.225 e. The van der Waals surface area contributed by atoms with Crippen LogP contribution in [0, 0.1) is 12.3 Å². The van der Waals surface area contributed by atoms with Crippen molar-refractivity contribution in [2.24, 2.45) is 0 Å². The summed E-state index contributed by atoms with van der Waals surface area (Å²) < 4.78 is 23.4. The molecule has 0 atom stereocenters. The zero-order valence-corrected chi connectivity index (χ0v) is 8.65. The lowest BCUT2D eigenvalue weighted by Crippen LogP contribution is -2.31. The topological polar surface area (TPSA) is 37.4 Å². The predicted octanol–water partition coefficient (Wildman–Crippen LogP) is 0.624. The third-order valence-corrected chi connectivity index (χ3v) is 4.34. The van der Waals surface area contributed by atoms with Gasteiger partial charge in [0.25, 0.3) is 0 Å². The van der Waals surface area contributed by atoms with Gasteiger partial charge in [-0.2, -0.15) is 4.31 Å². The van der Waals surface area contributed by atoms with Gasteiger partial charge in [-0.25, -0.2) is 8.42 Å². The van der Waals surface area contributed by atoms with E-state index in [9.17, 15) is 8.42 Å². The van der Waals surface area contributed by atoms with Crippen LogP contribution in [0.5, 0.6) is 0 Å². The summed E-state index contributed by atoms with van der Waals surface area (Å²) in [5.41, 5.74) is 0. The fourth-order valence-electron chi connectivity index (χ4n) is 0.578. The van der Waals surface area contributed by atoms with Gasteiger partial charge in [-0.3, -0.25) is 0 Å². The van der Waals surface area contributed by atoms with Crippen molar-refractivity contribution in [3.63, 3.8) is 0 Å². The van der Waals surface area contributed by atoms with Crippen molar-refractivity contribution in [1.29, 1.82) is 0 Å². The molecular formula is C6H10BrNO2S. The molecule has 0 fully saturated rings. The lowest BCUT2D eigenvalue weighted by molar-refractivity contribution is 0.468. The number of halogens is 1. The van der Waals surface area contributed by atoms with E-state index in [1.807, 2.05) is 0 Å². The van der Waals surface area contributed by atoms with Crippen molar-refractivity contribution < 1.29 is 8.42 Å². The second-order valence-corrected chi connectivity index (χ2v) is 5.12. The van der Waals surface area contributed by atoms with Gasteiger partial charge < -0.3 is 0 Å². The summed E-state index contributed by atoms with van der Waals surface area (Å²) in [5.74, 6) is 2.29. The van der Waals surface area contributed by atoms with E-state index in [2.05, 4.69) is 21.9 Å². The molecule has 0 unspecified atom stereocenters. The number of alkyl halides is 1. The van der Waals surface area contributed by atoms with Crippen LogP contribution in [-0.4, -0.2) is 30.5 Å². The first kappa shape index (κ1) is 11.0. The number of hydrogen-bond donors (Lipinski definition) is 0. The Morgan fingerprint density at radius 2 is 2.18 bits per heavy atom. The van der Waals surface area contributed by atoms with Crippen molar-refractivity contribution in [2.75, 3.05) is 17.8 Å². The molecule has 64 valence electrons. The molecule has 0 aromatic carbocycles. The van der Waals surface area contributed by atoms with Crippen LogP contribution in [0.15, 0.2) is 0 Å². The van der Waals surface area contributed by atoms with E-state index in [4.69, 9.17) is 6.42 Å². The van der Waals surface area contributed by atoms with Crippen molar-refractivity contribution >= 4 is 26.0 Å². The molecular weight excluding hydrogens is 230 g/mol. The Bertz CT molecular complexity index is 242. The van der Waals surface area contributed by atoms with Gasteiger partial charge in [0.1, 0.15) is 4.66 Å². The van der Waals surface area contributed by atoms with E-state index in [0.29, 0.717) is 6.54 Å². The monoisotopic (exact) mass is 239 g/mol. The lowest BCUT2D eigenvalue weighted by atomic mass is 10.6. The second kappa shape index (κ2) is 4.75. The molecule has 0 aromatic heterocycles. The molecule has 0 aliphatic rings. The first-order valence-corrected chi connectivity index (χ1v) is 5.78. The maximum absolute atomic E-state index is 11.1. The summed E-state index contributed by atoms with van der Waals surface area (Å²) in [4.78, 5) is 0. The van der Waals surface area contributed by atoms with Crippen molar-refractivity contribution in [2.45, 2.75) is 6.92 Å². The number of nitrogens with zero attached hydrogens (tertiary/aromatic N) is 1. The highest BCUT2D eigenvalue weighted by Gasteiger charge is 2.16. The van der Waals surface area contributed by atoms with Gasteiger partial charge in [-0.1, -0.05) is 28.8 Å². The summed E-state index contributed by atoms with van der Waals surface area (Å²) in [7, 11) is -3.17. The first-order chi connectivity index (χ1) is 5.08. The summed E-state index contributed by atoms with van der Waals surface area (Å²) in [5, 5.41) is 0. The standard InChI is InChI=1S/C6H10BrNO2S/c1-3-5-8(4-2)11(9,10)6-7/h1H,4-6H2,2H3. The van der Waals surface area contributed by atoms with E-state index in [1.54, 1.807) is 6.92 Å². The van der Waals surface area contributed by atoms with Gasteiger partial charge in [0.15, 0.2) is 0 Å². The SMILES string of the molecule is C#CCN(CC)S(=O)(=O)CBr.